The predicted octanol–water partition coefficient (Wildman–Crippen LogP) is 9.69. The average Bonchev–Trinajstić information content (AvgIpc) is 3.09. The summed E-state index contributed by atoms with van der Waals surface area (Å²) >= 11 is 0. The van der Waals surface area contributed by atoms with Crippen LogP contribution in [0.25, 0.3) is 38.2 Å². The van der Waals surface area contributed by atoms with Gasteiger partial charge in [0.15, 0.2) is 0 Å². The van der Waals surface area contributed by atoms with Gasteiger partial charge in [0.25, 0.3) is 0 Å². The van der Waals surface area contributed by atoms with Crippen molar-refractivity contribution in [1.82, 2.24) is 0 Å². The number of benzene rings is 6. The maximum Gasteiger partial charge on any atom is 0.323 e. The molecule has 0 aliphatic heterocycles. The summed E-state index contributed by atoms with van der Waals surface area (Å²) in [6.45, 7) is 0. The molecule has 0 radical (unpaired) electrons. The molecule has 6 aromatic rings. The van der Waals surface area contributed by atoms with Crippen LogP contribution in [-0.4, -0.2) is 17.2 Å². The largest absolute Gasteiger partial charge is 0.457 e. The molecule has 1 unspecified atom stereocenters. The van der Waals surface area contributed by atoms with Crippen molar-refractivity contribution in [3.05, 3.63) is 150 Å². The van der Waals surface area contributed by atoms with E-state index in [1.807, 2.05) is 72.8 Å². The Labute approximate surface area is 267 Å². The number of aliphatic hydroxyl groups excluding tert-OH is 1. The Kier molecular flexibility index (Phi) is 6.89. The fourth-order valence-electron chi connectivity index (χ4n) is 7.11. The van der Waals surface area contributed by atoms with E-state index in [0.717, 1.165) is 62.7 Å². The molecule has 2 aliphatic carbocycles. The van der Waals surface area contributed by atoms with Crippen molar-refractivity contribution in [2.24, 2.45) is 5.73 Å². The number of urea groups is 1. The van der Waals surface area contributed by atoms with E-state index in [2.05, 4.69) is 60.7 Å². The van der Waals surface area contributed by atoms with Gasteiger partial charge in [-0.25, -0.2) is 4.79 Å². The number of anilines is 2. The lowest BCUT2D eigenvalue weighted by atomic mass is 9.78. The number of carbonyl (C=O) groups excluding carboxylic acids is 1. The lowest BCUT2D eigenvalue weighted by molar-refractivity contribution is 0.209. The summed E-state index contributed by atoms with van der Waals surface area (Å²) in [6, 6.07) is 39.5. The quantitative estimate of drug-likeness (QED) is 0.207. The number of amides is 2. The molecule has 5 nitrogen and oxygen atoms in total. The van der Waals surface area contributed by atoms with E-state index in [0.29, 0.717) is 17.9 Å². The number of primary amides is 1. The smallest absolute Gasteiger partial charge is 0.323 e. The highest BCUT2D eigenvalue weighted by molar-refractivity contribution is 6.15. The number of nitrogens with zero attached hydrogens (tertiary/aromatic N) is 1. The van der Waals surface area contributed by atoms with Crippen LogP contribution in [0.5, 0.6) is 11.5 Å². The highest BCUT2D eigenvalue weighted by atomic mass is 16.5. The lowest BCUT2D eigenvalue weighted by Crippen LogP contribution is -2.32. The first kappa shape index (κ1) is 27.9. The molecule has 6 aromatic carbocycles. The number of aryl methyl sites for hydroxylation is 1. The van der Waals surface area contributed by atoms with Crippen molar-refractivity contribution in [3.8, 4) is 22.6 Å². The number of fused-ring (bicyclic) bond motifs is 5. The Bertz CT molecular complexity index is 2200. The molecule has 5 heteroatoms. The Morgan fingerprint density at radius 2 is 1.43 bits per heavy atom. The lowest BCUT2D eigenvalue weighted by Gasteiger charge is -2.29. The topological polar surface area (TPSA) is 75.8 Å². The van der Waals surface area contributed by atoms with Gasteiger partial charge in [0, 0.05) is 10.9 Å². The number of allylic oxidation sites excluding steroid dienone is 2. The second-order valence-electron chi connectivity index (χ2n) is 11.9. The number of carbonyl (C=O) groups is 1. The van der Waals surface area contributed by atoms with E-state index in [9.17, 15) is 9.90 Å². The van der Waals surface area contributed by atoms with Gasteiger partial charge in [-0.3, -0.25) is 4.90 Å². The van der Waals surface area contributed by atoms with Crippen LogP contribution in [0.1, 0.15) is 24.0 Å². The van der Waals surface area contributed by atoms with Crippen LogP contribution in [0.3, 0.4) is 0 Å². The predicted molar refractivity (Wildman–Crippen MR) is 187 cm³/mol. The molecule has 0 fully saturated rings. The number of nitrogens with two attached hydrogens (primary N) is 1. The maximum atomic E-state index is 13.4. The van der Waals surface area contributed by atoms with Gasteiger partial charge in [0.2, 0.25) is 0 Å². The van der Waals surface area contributed by atoms with E-state index < -0.39 is 12.1 Å². The second kappa shape index (κ2) is 11.4. The molecule has 0 bridgehead atoms. The molecular formula is C41H32N2O3. The van der Waals surface area contributed by atoms with Crippen molar-refractivity contribution in [1.29, 1.82) is 0 Å². The SMILES string of the molecule is NC(=O)N(c1ccc(Oc2ccccc2)cc1)c1c(-c2cccc3c4c(ccc23)C2=C(CC4)C(O)CC=C2)ccc2ccccc12. The number of rotatable bonds is 5. The normalized spacial score (nSPS) is 15.5. The first-order chi connectivity index (χ1) is 22.6. The van der Waals surface area contributed by atoms with Crippen LogP contribution in [0.15, 0.2) is 139 Å². The molecule has 0 saturated carbocycles. The molecule has 2 amide bonds. The number of aliphatic hydroxyl groups is 1. The van der Waals surface area contributed by atoms with E-state index in [1.54, 1.807) is 4.90 Å². The van der Waals surface area contributed by atoms with Crippen molar-refractivity contribution in [2.75, 3.05) is 4.90 Å². The van der Waals surface area contributed by atoms with Gasteiger partial charge in [-0.2, -0.15) is 0 Å². The molecule has 0 aromatic heterocycles. The fourth-order valence-corrected chi connectivity index (χ4v) is 7.11. The van der Waals surface area contributed by atoms with Crippen LogP contribution >= 0.6 is 0 Å². The Morgan fingerprint density at radius 1 is 0.696 bits per heavy atom. The van der Waals surface area contributed by atoms with Crippen LogP contribution in [0, 0.1) is 0 Å². The first-order valence-corrected chi connectivity index (χ1v) is 15.6. The van der Waals surface area contributed by atoms with E-state index in [-0.39, 0.29) is 0 Å². The zero-order chi connectivity index (χ0) is 31.2. The highest BCUT2D eigenvalue weighted by Gasteiger charge is 2.27. The third kappa shape index (κ3) is 4.73. The molecule has 3 N–H and O–H groups in total. The summed E-state index contributed by atoms with van der Waals surface area (Å²) in [5.74, 6) is 1.40. The maximum absolute atomic E-state index is 13.4. The minimum Gasteiger partial charge on any atom is -0.457 e. The van der Waals surface area contributed by atoms with E-state index in [4.69, 9.17) is 10.5 Å². The zero-order valence-electron chi connectivity index (χ0n) is 25.2. The number of para-hydroxylation sites is 1. The average molecular weight is 601 g/mol. The van der Waals surface area contributed by atoms with Crippen LogP contribution in [0.4, 0.5) is 16.2 Å². The molecular weight excluding hydrogens is 568 g/mol. The van der Waals surface area contributed by atoms with E-state index in [1.165, 1.54) is 16.5 Å². The molecule has 0 heterocycles. The summed E-state index contributed by atoms with van der Waals surface area (Å²) in [6.07, 6.45) is 6.22. The molecule has 46 heavy (non-hydrogen) atoms. The fraction of sp³-hybridized carbons (Fsp3) is 0.0976. The van der Waals surface area contributed by atoms with Crippen molar-refractivity contribution in [2.45, 2.75) is 25.4 Å². The third-order valence-corrected chi connectivity index (χ3v) is 9.21. The van der Waals surface area contributed by atoms with Gasteiger partial charge in [-0.05, 0) is 99.7 Å². The molecule has 0 spiro atoms. The summed E-state index contributed by atoms with van der Waals surface area (Å²) in [5, 5.41) is 14.9. The van der Waals surface area contributed by atoms with Gasteiger partial charge in [-0.1, -0.05) is 97.1 Å². The molecule has 8 rings (SSSR count). The number of hydrogen-bond acceptors (Lipinski definition) is 3. The molecule has 0 saturated heterocycles. The Morgan fingerprint density at radius 3 is 2.26 bits per heavy atom. The first-order valence-electron chi connectivity index (χ1n) is 15.6. The standard InChI is InChI=1S/C41H32N2O3/c42-41(45)43(27-17-19-29(20-18-27)46-28-9-2-1-3-10-28)40-30-11-5-4-8-26(30)16-21-38(40)33-13-6-12-31-34(33)22-23-36-32-14-7-15-39(44)37(32)25-24-35(31)36/h1-14,16-23,39,44H,15,24-25H2,(H2,42,45). The second-order valence-corrected chi connectivity index (χ2v) is 11.9. The van der Waals surface area contributed by atoms with Gasteiger partial charge >= 0.3 is 6.03 Å². The summed E-state index contributed by atoms with van der Waals surface area (Å²) in [5.41, 5.74) is 14.3. The van der Waals surface area contributed by atoms with Gasteiger partial charge in [0.1, 0.15) is 11.5 Å². The monoisotopic (exact) mass is 600 g/mol. The van der Waals surface area contributed by atoms with Crippen LogP contribution in [0.2, 0.25) is 0 Å². The third-order valence-electron chi connectivity index (χ3n) is 9.21. The van der Waals surface area contributed by atoms with Crippen molar-refractivity contribution in [3.63, 3.8) is 0 Å². The summed E-state index contributed by atoms with van der Waals surface area (Å²) in [7, 11) is 0. The number of hydrogen-bond donors (Lipinski definition) is 2. The Balaban J connectivity index is 1.29. The zero-order valence-corrected chi connectivity index (χ0v) is 25.2. The molecule has 2 aliphatic rings. The summed E-state index contributed by atoms with van der Waals surface area (Å²) in [4.78, 5) is 15.0. The van der Waals surface area contributed by atoms with Crippen LogP contribution in [-0.2, 0) is 6.42 Å². The van der Waals surface area contributed by atoms with Gasteiger partial charge in [-0.15, -0.1) is 0 Å². The molecule has 1 atom stereocenters. The highest BCUT2D eigenvalue weighted by Crippen LogP contribution is 2.46. The minimum absolute atomic E-state index is 0.408. The Hall–Kier alpha value is -5.65. The van der Waals surface area contributed by atoms with Crippen molar-refractivity contribution < 1.29 is 14.6 Å². The van der Waals surface area contributed by atoms with Crippen molar-refractivity contribution >= 4 is 44.5 Å². The summed E-state index contributed by atoms with van der Waals surface area (Å²) < 4.78 is 6.02. The van der Waals surface area contributed by atoms with Gasteiger partial charge < -0.3 is 15.6 Å². The number of ether oxygens (including phenoxy) is 1. The minimum atomic E-state index is -0.575. The van der Waals surface area contributed by atoms with Gasteiger partial charge in [0.05, 0.1) is 17.5 Å². The van der Waals surface area contributed by atoms with E-state index >= 15 is 0 Å². The van der Waals surface area contributed by atoms with Crippen LogP contribution < -0.4 is 15.4 Å². The molecule has 224 valence electrons.